The number of hydrogen-bond donors (Lipinski definition) is 1. The van der Waals surface area contributed by atoms with Crippen LogP contribution in [-0.2, 0) is 11.2 Å². The van der Waals surface area contributed by atoms with Gasteiger partial charge in [-0.25, -0.2) is 0 Å². The maximum Gasteiger partial charge on any atom is 0.0502 e. The summed E-state index contributed by atoms with van der Waals surface area (Å²) in [5.74, 6) is 2.91. The van der Waals surface area contributed by atoms with E-state index in [0.717, 1.165) is 30.8 Å². The standard InChI is InChI=1S/C20H29NO/c1-22-7-6-14-2-4-18(5-3-14)19(21)20-11-15-8-16(12-20)10-17(9-15)13-20/h2-5,15-17,19H,6-13,21H2,1H3. The fraction of sp³-hybridized carbons (Fsp3) is 0.700. The van der Waals surface area contributed by atoms with Gasteiger partial charge in [-0.2, -0.15) is 0 Å². The van der Waals surface area contributed by atoms with E-state index in [4.69, 9.17) is 10.5 Å². The quantitative estimate of drug-likeness (QED) is 0.888. The highest BCUT2D eigenvalue weighted by atomic mass is 16.5. The molecule has 0 amide bonds. The highest BCUT2D eigenvalue weighted by molar-refractivity contribution is 5.27. The molecule has 1 aromatic carbocycles. The van der Waals surface area contributed by atoms with Crippen molar-refractivity contribution in [3.8, 4) is 0 Å². The maximum atomic E-state index is 6.82. The summed E-state index contributed by atoms with van der Waals surface area (Å²) >= 11 is 0. The number of ether oxygens (including phenoxy) is 1. The third kappa shape index (κ3) is 2.51. The van der Waals surface area contributed by atoms with Crippen LogP contribution in [0.5, 0.6) is 0 Å². The van der Waals surface area contributed by atoms with E-state index < -0.39 is 0 Å². The normalized spacial score (nSPS) is 37.5. The summed E-state index contributed by atoms with van der Waals surface area (Å²) in [5.41, 5.74) is 9.93. The third-order valence-electron chi connectivity index (χ3n) is 6.68. The Morgan fingerprint density at radius 1 is 1.05 bits per heavy atom. The molecule has 0 aliphatic heterocycles. The lowest BCUT2D eigenvalue weighted by Crippen LogP contribution is -2.50. The molecule has 4 aliphatic rings. The molecule has 0 heterocycles. The van der Waals surface area contributed by atoms with E-state index in [2.05, 4.69) is 24.3 Å². The minimum absolute atomic E-state index is 0.234. The molecular weight excluding hydrogens is 270 g/mol. The molecule has 22 heavy (non-hydrogen) atoms. The van der Waals surface area contributed by atoms with E-state index >= 15 is 0 Å². The molecule has 120 valence electrons. The van der Waals surface area contributed by atoms with Crippen LogP contribution in [0.4, 0.5) is 0 Å². The van der Waals surface area contributed by atoms with E-state index in [1.807, 2.05) is 0 Å². The van der Waals surface area contributed by atoms with Crippen LogP contribution in [0.15, 0.2) is 24.3 Å². The molecule has 0 aromatic heterocycles. The molecule has 0 spiro atoms. The summed E-state index contributed by atoms with van der Waals surface area (Å²) in [5, 5.41) is 0. The fourth-order valence-corrected chi connectivity index (χ4v) is 6.02. The van der Waals surface area contributed by atoms with E-state index in [1.54, 1.807) is 7.11 Å². The van der Waals surface area contributed by atoms with Crippen LogP contribution in [0.1, 0.15) is 55.7 Å². The Bertz CT molecular complexity index is 486. The Kier molecular flexibility index (Phi) is 3.78. The van der Waals surface area contributed by atoms with Gasteiger partial charge in [0.1, 0.15) is 0 Å². The zero-order chi connectivity index (χ0) is 15.2. The van der Waals surface area contributed by atoms with Crippen LogP contribution in [-0.4, -0.2) is 13.7 Å². The molecule has 4 fully saturated rings. The maximum absolute atomic E-state index is 6.82. The van der Waals surface area contributed by atoms with Crippen LogP contribution in [0, 0.1) is 23.2 Å². The van der Waals surface area contributed by atoms with Gasteiger partial charge in [0.25, 0.3) is 0 Å². The molecular formula is C20H29NO. The first kappa shape index (κ1) is 14.7. The number of methoxy groups -OCH3 is 1. The lowest BCUT2D eigenvalue weighted by atomic mass is 9.47. The summed E-state index contributed by atoms with van der Waals surface area (Å²) in [6.45, 7) is 0.792. The van der Waals surface area contributed by atoms with Crippen molar-refractivity contribution in [3.63, 3.8) is 0 Å². The first-order valence-electron chi connectivity index (χ1n) is 9.02. The van der Waals surface area contributed by atoms with E-state index in [-0.39, 0.29) is 6.04 Å². The summed E-state index contributed by atoms with van der Waals surface area (Å²) in [6.07, 6.45) is 9.60. The summed E-state index contributed by atoms with van der Waals surface area (Å²) < 4.78 is 5.16. The van der Waals surface area contributed by atoms with Gasteiger partial charge in [-0.1, -0.05) is 24.3 Å². The molecule has 4 saturated carbocycles. The Morgan fingerprint density at radius 3 is 2.09 bits per heavy atom. The first-order valence-corrected chi connectivity index (χ1v) is 9.02. The lowest BCUT2D eigenvalue weighted by molar-refractivity contribution is -0.0677. The van der Waals surface area contributed by atoms with Crippen molar-refractivity contribution in [2.75, 3.05) is 13.7 Å². The molecule has 1 unspecified atom stereocenters. The van der Waals surface area contributed by atoms with Crippen molar-refractivity contribution in [1.82, 2.24) is 0 Å². The van der Waals surface area contributed by atoms with Gasteiger partial charge >= 0.3 is 0 Å². The van der Waals surface area contributed by atoms with Gasteiger partial charge in [0.05, 0.1) is 6.61 Å². The average molecular weight is 299 g/mol. The van der Waals surface area contributed by atoms with Crippen molar-refractivity contribution in [1.29, 1.82) is 0 Å². The van der Waals surface area contributed by atoms with Gasteiger partial charge in [0.2, 0.25) is 0 Å². The topological polar surface area (TPSA) is 35.2 Å². The third-order valence-corrected chi connectivity index (χ3v) is 6.68. The minimum Gasteiger partial charge on any atom is -0.384 e. The van der Waals surface area contributed by atoms with Gasteiger partial charge in [0, 0.05) is 13.2 Å². The Balaban J connectivity index is 1.52. The molecule has 0 saturated heterocycles. The van der Waals surface area contributed by atoms with Crippen molar-refractivity contribution in [2.24, 2.45) is 28.9 Å². The molecule has 2 heteroatoms. The van der Waals surface area contributed by atoms with Gasteiger partial charge < -0.3 is 10.5 Å². The summed E-state index contributed by atoms with van der Waals surface area (Å²) in [6, 6.07) is 9.27. The second kappa shape index (κ2) is 5.65. The summed E-state index contributed by atoms with van der Waals surface area (Å²) in [7, 11) is 1.76. The second-order valence-corrected chi connectivity index (χ2v) is 8.24. The Labute approximate surface area is 134 Å². The molecule has 5 rings (SSSR count). The molecule has 2 N–H and O–H groups in total. The van der Waals surface area contributed by atoms with Crippen molar-refractivity contribution >= 4 is 0 Å². The highest BCUT2D eigenvalue weighted by Crippen LogP contribution is 2.63. The van der Waals surface area contributed by atoms with Crippen molar-refractivity contribution < 1.29 is 4.74 Å². The molecule has 4 aliphatic carbocycles. The Hall–Kier alpha value is -0.860. The van der Waals surface area contributed by atoms with Crippen molar-refractivity contribution in [3.05, 3.63) is 35.4 Å². The van der Waals surface area contributed by atoms with Crippen LogP contribution in [0.3, 0.4) is 0 Å². The largest absolute Gasteiger partial charge is 0.384 e. The number of benzene rings is 1. The van der Waals surface area contributed by atoms with Crippen LogP contribution < -0.4 is 5.73 Å². The summed E-state index contributed by atoms with van der Waals surface area (Å²) in [4.78, 5) is 0. The molecule has 2 nitrogen and oxygen atoms in total. The monoisotopic (exact) mass is 299 g/mol. The molecule has 0 radical (unpaired) electrons. The zero-order valence-electron chi connectivity index (χ0n) is 13.8. The van der Waals surface area contributed by atoms with Crippen LogP contribution >= 0.6 is 0 Å². The van der Waals surface area contributed by atoms with Crippen molar-refractivity contribution in [2.45, 2.75) is 51.0 Å². The minimum atomic E-state index is 0.234. The smallest absolute Gasteiger partial charge is 0.0502 e. The molecule has 1 atom stereocenters. The number of rotatable bonds is 5. The van der Waals surface area contributed by atoms with Gasteiger partial charge in [-0.05, 0) is 79.2 Å². The highest BCUT2D eigenvalue weighted by Gasteiger charge is 2.53. The van der Waals surface area contributed by atoms with Gasteiger partial charge in [-0.15, -0.1) is 0 Å². The molecule has 1 aromatic rings. The SMILES string of the molecule is COCCc1ccc(C(N)C23CC4CC(CC(C4)C2)C3)cc1. The fourth-order valence-electron chi connectivity index (χ4n) is 6.02. The van der Waals surface area contributed by atoms with Crippen LogP contribution in [0.2, 0.25) is 0 Å². The van der Waals surface area contributed by atoms with Crippen LogP contribution in [0.25, 0.3) is 0 Å². The number of nitrogens with two attached hydrogens (primary N) is 1. The molecule has 4 bridgehead atoms. The number of hydrogen-bond acceptors (Lipinski definition) is 2. The van der Waals surface area contributed by atoms with E-state index in [0.29, 0.717) is 5.41 Å². The predicted octanol–water partition coefficient (Wildman–Crippen LogP) is 4.09. The first-order chi connectivity index (χ1) is 10.7. The average Bonchev–Trinajstić information content (AvgIpc) is 2.51. The van der Waals surface area contributed by atoms with Gasteiger partial charge in [0.15, 0.2) is 0 Å². The lowest BCUT2D eigenvalue weighted by Gasteiger charge is -2.59. The second-order valence-electron chi connectivity index (χ2n) is 8.24. The Morgan fingerprint density at radius 2 is 1.59 bits per heavy atom. The van der Waals surface area contributed by atoms with E-state index in [1.165, 1.54) is 49.7 Å². The predicted molar refractivity (Wildman–Crippen MR) is 89.6 cm³/mol. The zero-order valence-corrected chi connectivity index (χ0v) is 13.8. The van der Waals surface area contributed by atoms with Gasteiger partial charge in [-0.3, -0.25) is 0 Å². The van der Waals surface area contributed by atoms with E-state index in [9.17, 15) is 0 Å².